The highest BCUT2D eigenvalue weighted by molar-refractivity contribution is 5.99. The van der Waals surface area contributed by atoms with E-state index in [1.165, 1.54) is 12.1 Å². The molecule has 1 heterocycles. The van der Waals surface area contributed by atoms with Gasteiger partial charge in [0.25, 0.3) is 0 Å². The summed E-state index contributed by atoms with van der Waals surface area (Å²) in [5, 5.41) is 21.1. The molecule has 1 saturated heterocycles. The summed E-state index contributed by atoms with van der Waals surface area (Å²) < 4.78 is 14.9. The smallest absolute Gasteiger partial charge is 0.167 e. The molecule has 38 heavy (non-hydrogen) atoms. The van der Waals surface area contributed by atoms with E-state index in [9.17, 15) is 19.4 Å². The van der Waals surface area contributed by atoms with Crippen molar-refractivity contribution in [3.63, 3.8) is 0 Å². The van der Waals surface area contributed by atoms with Crippen LogP contribution in [0.1, 0.15) is 59.7 Å². The molecule has 2 N–H and O–H groups in total. The van der Waals surface area contributed by atoms with E-state index >= 15 is 0 Å². The van der Waals surface area contributed by atoms with Gasteiger partial charge in [-0.2, -0.15) is 0 Å². The first-order valence-corrected chi connectivity index (χ1v) is 13.6. The third kappa shape index (κ3) is 5.77. The first-order chi connectivity index (χ1) is 18.2. The average molecular weight is 519 g/mol. The summed E-state index contributed by atoms with van der Waals surface area (Å²) in [6, 6.07) is 19.1. The molecule has 1 aliphatic rings. The van der Waals surface area contributed by atoms with Crippen molar-refractivity contribution in [3.05, 3.63) is 94.8 Å². The maximum Gasteiger partial charge on any atom is 0.167 e. The van der Waals surface area contributed by atoms with Crippen LogP contribution in [0.25, 0.3) is 0 Å². The number of hydrogen-bond donors (Lipinski definition) is 2. The Kier molecular flexibility index (Phi) is 8.85. The summed E-state index contributed by atoms with van der Waals surface area (Å²) in [7, 11) is 0. The van der Waals surface area contributed by atoms with Crippen molar-refractivity contribution in [1.82, 2.24) is 9.80 Å². The number of rotatable bonds is 9. The fraction of sp³-hybridized carbons (Fsp3) is 0.406. The zero-order chi connectivity index (χ0) is 27.4. The monoisotopic (exact) mass is 518 g/mol. The molecule has 0 saturated carbocycles. The molecule has 0 radical (unpaired) electrons. The molecule has 202 valence electrons. The minimum atomic E-state index is -0.500. The second-order valence-electron chi connectivity index (χ2n) is 10.5. The third-order valence-corrected chi connectivity index (χ3v) is 8.21. The maximum absolute atomic E-state index is 14.9. The van der Waals surface area contributed by atoms with Crippen molar-refractivity contribution in [2.24, 2.45) is 5.92 Å². The van der Waals surface area contributed by atoms with Crippen LogP contribution in [0.15, 0.2) is 66.7 Å². The number of ketones is 1. The molecule has 4 rings (SSSR count). The summed E-state index contributed by atoms with van der Waals surface area (Å²) in [6.07, 6.45) is 0. The van der Waals surface area contributed by atoms with Crippen LogP contribution in [0.3, 0.4) is 0 Å². The Morgan fingerprint density at radius 1 is 1.00 bits per heavy atom. The highest BCUT2D eigenvalue weighted by atomic mass is 19.1. The molecule has 0 aliphatic carbocycles. The summed E-state index contributed by atoms with van der Waals surface area (Å²) in [5.41, 5.74) is 2.50. The molecule has 0 aromatic heterocycles. The van der Waals surface area contributed by atoms with Gasteiger partial charge in [0.2, 0.25) is 0 Å². The van der Waals surface area contributed by atoms with E-state index in [2.05, 4.69) is 30.6 Å². The van der Waals surface area contributed by atoms with E-state index < -0.39 is 5.92 Å². The van der Waals surface area contributed by atoms with Gasteiger partial charge in [-0.25, -0.2) is 4.39 Å². The lowest BCUT2D eigenvalue weighted by Gasteiger charge is -2.46. The van der Waals surface area contributed by atoms with Crippen molar-refractivity contribution in [3.8, 4) is 11.5 Å². The molecule has 4 atom stereocenters. The van der Waals surface area contributed by atoms with Gasteiger partial charge in [-0.1, -0.05) is 56.3 Å². The number of carbonyl (C=O) groups excluding carboxylic acids is 1. The predicted octanol–water partition coefficient (Wildman–Crippen LogP) is 5.96. The molecule has 0 unspecified atom stereocenters. The minimum Gasteiger partial charge on any atom is -0.508 e. The Balaban J connectivity index is 1.85. The van der Waals surface area contributed by atoms with E-state index in [-0.39, 0.29) is 41.0 Å². The first kappa shape index (κ1) is 27.8. The van der Waals surface area contributed by atoms with Crippen molar-refractivity contribution in [2.75, 3.05) is 32.7 Å². The zero-order valence-electron chi connectivity index (χ0n) is 22.8. The molecule has 1 fully saturated rings. The largest absolute Gasteiger partial charge is 0.508 e. The molecule has 5 nitrogen and oxygen atoms in total. The lowest BCUT2D eigenvalue weighted by atomic mass is 9.67. The summed E-state index contributed by atoms with van der Waals surface area (Å²) in [5.74, 6) is -1.27. The van der Waals surface area contributed by atoms with Gasteiger partial charge in [-0.15, -0.1) is 0 Å². The molecule has 1 aliphatic heterocycles. The number of phenols is 2. The van der Waals surface area contributed by atoms with Crippen LogP contribution in [0.2, 0.25) is 0 Å². The van der Waals surface area contributed by atoms with Gasteiger partial charge in [0, 0.05) is 49.0 Å². The van der Waals surface area contributed by atoms with Crippen LogP contribution in [-0.2, 0) is 0 Å². The summed E-state index contributed by atoms with van der Waals surface area (Å²) >= 11 is 0. The number of piperidine rings is 1. The van der Waals surface area contributed by atoms with E-state index in [4.69, 9.17) is 0 Å². The quantitative estimate of drug-likeness (QED) is 0.342. The molecule has 0 amide bonds. The van der Waals surface area contributed by atoms with E-state index in [0.717, 1.165) is 30.8 Å². The average Bonchev–Trinajstić information content (AvgIpc) is 2.90. The van der Waals surface area contributed by atoms with Gasteiger partial charge in [-0.05, 0) is 67.9 Å². The van der Waals surface area contributed by atoms with Gasteiger partial charge >= 0.3 is 0 Å². The Morgan fingerprint density at radius 2 is 1.68 bits per heavy atom. The standard InChI is InChI=1S/C32H39FN2O3/c1-5-35(6-2)21(3)18-34-19-27(26-13-7-8-16-30(26)37)31(25-14-10-15-29(33)22(25)4)28(20-34)32(38)23-11-9-12-24(36)17-23/h7-17,21,27-28,31,36-37H,5-6,18-20H2,1-4H3/t21-,27+,28-,31+/m0/s1. The zero-order valence-corrected chi connectivity index (χ0v) is 22.8. The summed E-state index contributed by atoms with van der Waals surface area (Å²) in [4.78, 5) is 18.9. The molecule has 0 bridgehead atoms. The third-order valence-electron chi connectivity index (χ3n) is 8.21. The van der Waals surface area contributed by atoms with Gasteiger partial charge in [-0.3, -0.25) is 9.69 Å². The van der Waals surface area contributed by atoms with Crippen molar-refractivity contribution in [1.29, 1.82) is 0 Å². The molecular weight excluding hydrogens is 479 g/mol. The second-order valence-corrected chi connectivity index (χ2v) is 10.5. The number of phenolic OH excluding ortho intramolecular Hbond substituents is 2. The highest BCUT2D eigenvalue weighted by Gasteiger charge is 2.44. The Labute approximate surface area is 225 Å². The van der Waals surface area contributed by atoms with Gasteiger partial charge < -0.3 is 15.1 Å². The Bertz CT molecular complexity index is 1260. The van der Waals surface area contributed by atoms with Crippen molar-refractivity contribution < 1.29 is 19.4 Å². The van der Waals surface area contributed by atoms with Crippen LogP contribution in [0.4, 0.5) is 4.39 Å². The lowest BCUT2D eigenvalue weighted by Crippen LogP contribution is -2.51. The van der Waals surface area contributed by atoms with Crippen molar-refractivity contribution in [2.45, 2.75) is 45.6 Å². The molecular formula is C32H39FN2O3. The number of para-hydroxylation sites is 1. The van der Waals surface area contributed by atoms with Crippen LogP contribution in [-0.4, -0.2) is 64.6 Å². The van der Waals surface area contributed by atoms with Gasteiger partial charge in [0.1, 0.15) is 17.3 Å². The topological polar surface area (TPSA) is 64.0 Å². The number of Topliss-reactive ketones (excluding diaryl/α,β-unsaturated/α-hetero) is 1. The number of aromatic hydroxyl groups is 2. The Hall–Kier alpha value is -3.22. The normalized spacial score (nSPS) is 20.9. The highest BCUT2D eigenvalue weighted by Crippen LogP contribution is 2.47. The molecule has 3 aromatic carbocycles. The number of halogens is 1. The van der Waals surface area contributed by atoms with Gasteiger partial charge in [0.05, 0.1) is 0 Å². The van der Waals surface area contributed by atoms with E-state index in [1.54, 1.807) is 43.3 Å². The second kappa shape index (κ2) is 12.1. The van der Waals surface area contributed by atoms with Crippen molar-refractivity contribution >= 4 is 5.78 Å². The molecule has 3 aromatic rings. The van der Waals surface area contributed by atoms with E-state index in [1.807, 2.05) is 18.2 Å². The number of nitrogens with zero attached hydrogens (tertiary/aromatic N) is 2. The number of benzene rings is 3. The number of carbonyl (C=O) groups is 1. The maximum atomic E-state index is 14.9. The molecule has 6 heteroatoms. The Morgan fingerprint density at radius 3 is 2.37 bits per heavy atom. The number of likely N-dealkylation sites (tertiary alicyclic amines) is 1. The fourth-order valence-electron chi connectivity index (χ4n) is 6.25. The lowest BCUT2D eigenvalue weighted by molar-refractivity contribution is 0.0661. The number of hydrogen-bond acceptors (Lipinski definition) is 5. The van der Waals surface area contributed by atoms with Gasteiger partial charge in [0.15, 0.2) is 5.78 Å². The van der Waals surface area contributed by atoms with E-state index in [0.29, 0.717) is 24.2 Å². The SMILES string of the molecule is CCN(CC)[C@@H](C)CN1C[C@H](C(=O)c2cccc(O)c2)[C@H](c2cccc(F)c2C)[C@@H](c2ccccc2O)C1. The fourth-order valence-corrected chi connectivity index (χ4v) is 6.25. The minimum absolute atomic E-state index is 0.0365. The number of likely N-dealkylation sites (N-methyl/N-ethyl adjacent to an activating group) is 1. The predicted molar refractivity (Wildman–Crippen MR) is 149 cm³/mol. The van der Waals surface area contributed by atoms with Crippen LogP contribution < -0.4 is 0 Å². The first-order valence-electron chi connectivity index (χ1n) is 13.6. The molecule has 0 spiro atoms. The van der Waals surface area contributed by atoms with Crippen LogP contribution in [0.5, 0.6) is 11.5 Å². The summed E-state index contributed by atoms with van der Waals surface area (Å²) in [6.45, 7) is 12.0. The van der Waals surface area contributed by atoms with Crippen LogP contribution in [0, 0.1) is 18.7 Å². The van der Waals surface area contributed by atoms with Crippen LogP contribution >= 0.6 is 0 Å².